The van der Waals surface area contributed by atoms with Gasteiger partial charge in [-0.3, -0.25) is 14.6 Å². The number of amides is 1. The van der Waals surface area contributed by atoms with Crippen LogP contribution in [-0.2, 0) is 24.4 Å². The first-order chi connectivity index (χ1) is 16.3. The molecule has 1 aromatic carbocycles. The second-order valence-corrected chi connectivity index (χ2v) is 9.68. The van der Waals surface area contributed by atoms with Crippen molar-refractivity contribution in [2.45, 2.75) is 55.7 Å². The van der Waals surface area contributed by atoms with Gasteiger partial charge < -0.3 is 25.9 Å². The number of rotatable bonds is 11. The quantitative estimate of drug-likeness (QED) is 0.281. The van der Waals surface area contributed by atoms with Crippen molar-refractivity contribution >= 4 is 33.6 Å². The first kappa shape index (κ1) is 25.4. The molecule has 13 heteroatoms. The number of aliphatic imine (C=N–C) groups is 1. The van der Waals surface area contributed by atoms with Crippen LogP contribution in [0.4, 0.5) is 0 Å². The van der Waals surface area contributed by atoms with E-state index in [1.54, 1.807) is 6.07 Å². The van der Waals surface area contributed by atoms with Crippen LogP contribution in [0.25, 0.3) is 0 Å². The van der Waals surface area contributed by atoms with Crippen LogP contribution in [0.15, 0.2) is 45.4 Å². The topological polar surface area (TPSA) is 171 Å². The van der Waals surface area contributed by atoms with Crippen LogP contribution in [0.1, 0.15) is 32.6 Å². The first-order valence-corrected chi connectivity index (χ1v) is 12.6. The average molecular weight is 495 g/mol. The first-order valence-electron chi connectivity index (χ1n) is 11.1. The molecule has 2 aliphatic heterocycles. The van der Waals surface area contributed by atoms with Gasteiger partial charge in [0, 0.05) is 26.1 Å². The number of hydrogen-bond acceptors (Lipinski definition) is 9. The summed E-state index contributed by atoms with van der Waals surface area (Å²) in [7, 11) is -4.05. The third-order valence-corrected chi connectivity index (χ3v) is 6.83. The molecule has 3 rings (SSSR count). The van der Waals surface area contributed by atoms with E-state index in [1.165, 1.54) is 24.3 Å². The zero-order valence-electron chi connectivity index (χ0n) is 18.9. The number of nitrogens with one attached hydrogen (secondary N) is 4. The van der Waals surface area contributed by atoms with Crippen LogP contribution < -0.4 is 20.7 Å². The molecule has 2 aliphatic rings. The van der Waals surface area contributed by atoms with E-state index in [-0.39, 0.29) is 17.4 Å². The molecule has 3 atom stereocenters. The van der Waals surface area contributed by atoms with Crippen molar-refractivity contribution in [1.82, 2.24) is 20.7 Å². The number of guanidine groups is 1. The molecule has 186 valence electrons. The monoisotopic (exact) mass is 494 g/mol. The van der Waals surface area contributed by atoms with Crippen molar-refractivity contribution < 1.29 is 28.0 Å². The van der Waals surface area contributed by atoms with E-state index in [0.717, 1.165) is 37.6 Å². The largest absolute Gasteiger partial charge is 0.480 e. The van der Waals surface area contributed by atoms with Gasteiger partial charge in [-0.15, -0.1) is 0 Å². The summed E-state index contributed by atoms with van der Waals surface area (Å²) in [5.74, 6) is -1.15. The van der Waals surface area contributed by atoms with Crippen LogP contribution in [-0.4, -0.2) is 74.9 Å². The molecule has 0 fully saturated rings. The number of carbonyl (C=O) groups excluding carboxylic acids is 1. The van der Waals surface area contributed by atoms with Crippen LogP contribution in [0.3, 0.4) is 0 Å². The van der Waals surface area contributed by atoms with Crippen LogP contribution in [0, 0.1) is 0 Å². The Morgan fingerprint density at radius 2 is 2.06 bits per heavy atom. The van der Waals surface area contributed by atoms with Gasteiger partial charge >= 0.3 is 5.97 Å². The van der Waals surface area contributed by atoms with Crippen molar-refractivity contribution in [1.29, 1.82) is 0 Å². The minimum absolute atomic E-state index is 0.0413. The van der Waals surface area contributed by atoms with Gasteiger partial charge in [-0.2, -0.15) is 4.72 Å². The van der Waals surface area contributed by atoms with Gasteiger partial charge in [-0.1, -0.05) is 30.3 Å². The SMILES string of the molecule is CCC(NC1=NCCCN1)C1=NOC(CC(=O)NCC(NS(=O)(=O)c2ccccc2)C(=O)O)C1. The van der Waals surface area contributed by atoms with E-state index in [4.69, 9.17) is 4.84 Å². The van der Waals surface area contributed by atoms with Gasteiger partial charge in [0.15, 0.2) is 5.96 Å². The Hall–Kier alpha value is -3.19. The number of hydrogen-bond donors (Lipinski definition) is 5. The maximum atomic E-state index is 12.4. The highest BCUT2D eigenvalue weighted by molar-refractivity contribution is 7.89. The summed E-state index contributed by atoms with van der Waals surface area (Å²) in [6.07, 6.45) is 1.65. The average Bonchev–Trinajstić information content (AvgIpc) is 3.29. The van der Waals surface area contributed by atoms with Crippen molar-refractivity contribution in [3.8, 4) is 0 Å². The second-order valence-electron chi connectivity index (χ2n) is 7.96. The lowest BCUT2D eigenvalue weighted by molar-refractivity contribution is -0.138. The van der Waals surface area contributed by atoms with E-state index in [1.807, 2.05) is 6.92 Å². The minimum Gasteiger partial charge on any atom is -0.480 e. The highest BCUT2D eigenvalue weighted by Crippen LogP contribution is 2.17. The Morgan fingerprint density at radius 3 is 2.71 bits per heavy atom. The Bertz CT molecular complexity index is 1030. The third-order valence-electron chi connectivity index (χ3n) is 5.34. The van der Waals surface area contributed by atoms with E-state index in [0.29, 0.717) is 6.42 Å². The van der Waals surface area contributed by atoms with E-state index >= 15 is 0 Å². The second kappa shape index (κ2) is 11.8. The van der Waals surface area contributed by atoms with Crippen LogP contribution in [0.5, 0.6) is 0 Å². The Morgan fingerprint density at radius 1 is 1.29 bits per heavy atom. The fourth-order valence-corrected chi connectivity index (χ4v) is 4.72. The molecule has 0 aliphatic carbocycles. The molecule has 34 heavy (non-hydrogen) atoms. The van der Waals surface area contributed by atoms with Gasteiger partial charge in [-0.25, -0.2) is 8.42 Å². The molecule has 0 radical (unpaired) electrons. The summed E-state index contributed by atoms with van der Waals surface area (Å²) >= 11 is 0. The highest BCUT2D eigenvalue weighted by Gasteiger charge is 2.30. The molecule has 0 saturated heterocycles. The van der Waals surface area contributed by atoms with Crippen molar-refractivity contribution in [2.24, 2.45) is 10.1 Å². The van der Waals surface area contributed by atoms with Crippen molar-refractivity contribution in [3.05, 3.63) is 30.3 Å². The molecule has 3 unspecified atom stereocenters. The minimum atomic E-state index is -4.05. The highest BCUT2D eigenvalue weighted by atomic mass is 32.2. The molecule has 2 heterocycles. The van der Waals surface area contributed by atoms with Crippen molar-refractivity contribution in [3.63, 3.8) is 0 Å². The van der Waals surface area contributed by atoms with Crippen molar-refractivity contribution in [2.75, 3.05) is 19.6 Å². The molecule has 1 amide bonds. The normalized spacial score (nSPS) is 19.6. The number of carboxylic acids is 1. The van der Waals surface area contributed by atoms with Crippen LogP contribution >= 0.6 is 0 Å². The number of carboxylic acid groups (broad SMARTS) is 1. The molecule has 0 saturated carbocycles. The van der Waals surface area contributed by atoms with E-state index < -0.39 is 40.6 Å². The molecular formula is C21H30N6O6S. The van der Waals surface area contributed by atoms with Gasteiger partial charge in [0.2, 0.25) is 15.9 Å². The number of aliphatic carboxylic acids is 1. The maximum absolute atomic E-state index is 12.4. The lowest BCUT2D eigenvalue weighted by atomic mass is 10.0. The molecule has 5 N–H and O–H groups in total. The summed E-state index contributed by atoms with van der Waals surface area (Å²) in [5, 5.41) is 22.5. The zero-order valence-corrected chi connectivity index (χ0v) is 19.7. The Kier molecular flexibility index (Phi) is 8.82. The van der Waals surface area contributed by atoms with Gasteiger partial charge in [-0.05, 0) is 25.0 Å². The van der Waals surface area contributed by atoms with Gasteiger partial charge in [0.25, 0.3) is 0 Å². The lowest BCUT2D eigenvalue weighted by Gasteiger charge is -2.22. The molecular weight excluding hydrogens is 464 g/mol. The smallest absolute Gasteiger partial charge is 0.323 e. The molecule has 0 spiro atoms. The van der Waals surface area contributed by atoms with E-state index in [2.05, 4.69) is 30.8 Å². The van der Waals surface area contributed by atoms with Gasteiger partial charge in [0.1, 0.15) is 12.1 Å². The predicted molar refractivity (Wildman–Crippen MR) is 125 cm³/mol. The fourth-order valence-electron chi connectivity index (χ4n) is 3.51. The summed E-state index contributed by atoms with van der Waals surface area (Å²) < 4.78 is 26.9. The molecule has 0 bridgehead atoms. The zero-order chi connectivity index (χ0) is 24.6. The fraction of sp³-hybridized carbons (Fsp3) is 0.524. The summed E-state index contributed by atoms with van der Waals surface area (Å²) in [6, 6.07) is 5.80. The Balaban J connectivity index is 1.47. The molecule has 0 aromatic heterocycles. The Labute approximate surface area is 198 Å². The standard InChI is InChI=1S/C21H30N6O6S/c1-2-16(25-21-22-9-6-10-23-21)17-11-14(33-26-17)12-19(28)24-13-18(20(29)30)27-34(31,32)15-7-4-3-5-8-15/h3-5,7-8,14,16,18,27H,2,6,9-13H2,1H3,(H,24,28)(H,29,30)(H2,22,23,25). The lowest BCUT2D eigenvalue weighted by Crippen LogP contribution is -2.49. The van der Waals surface area contributed by atoms with Crippen LogP contribution in [0.2, 0.25) is 0 Å². The summed E-state index contributed by atoms with van der Waals surface area (Å²) in [5.41, 5.74) is 0.773. The maximum Gasteiger partial charge on any atom is 0.323 e. The number of benzene rings is 1. The number of carbonyl (C=O) groups is 2. The number of oxime groups is 1. The summed E-state index contributed by atoms with van der Waals surface area (Å²) in [6.45, 7) is 3.21. The number of sulfonamides is 1. The third kappa shape index (κ3) is 7.15. The van der Waals surface area contributed by atoms with E-state index in [9.17, 15) is 23.1 Å². The predicted octanol–water partition coefficient (Wildman–Crippen LogP) is -0.213. The molecule has 12 nitrogen and oxygen atoms in total. The number of nitrogens with zero attached hydrogens (tertiary/aromatic N) is 2. The molecule has 1 aromatic rings. The van der Waals surface area contributed by atoms with Gasteiger partial charge in [0.05, 0.1) is 23.1 Å². The summed E-state index contributed by atoms with van der Waals surface area (Å²) in [4.78, 5) is 33.6.